The number of pyridine rings is 1. The van der Waals surface area contributed by atoms with Crippen LogP contribution in [0.15, 0.2) is 42.7 Å². The SMILES string of the molecule is CCCCCNC(=O)c1cncc(NCCc2cccc(OC)c2)c1. The van der Waals surface area contributed by atoms with Gasteiger partial charge in [-0.05, 0) is 36.6 Å². The molecule has 0 radical (unpaired) electrons. The molecule has 0 bridgehead atoms. The average Bonchev–Trinajstić information content (AvgIpc) is 2.65. The molecule has 2 N–H and O–H groups in total. The van der Waals surface area contributed by atoms with Crippen LogP contribution >= 0.6 is 0 Å². The lowest BCUT2D eigenvalue weighted by atomic mass is 10.1. The van der Waals surface area contributed by atoms with E-state index in [-0.39, 0.29) is 5.91 Å². The number of hydrogen-bond donors (Lipinski definition) is 2. The Morgan fingerprint density at radius 2 is 2.04 bits per heavy atom. The van der Waals surface area contributed by atoms with Crippen molar-refractivity contribution in [1.82, 2.24) is 10.3 Å². The highest BCUT2D eigenvalue weighted by Gasteiger charge is 2.06. The Labute approximate surface area is 149 Å². The number of benzene rings is 1. The zero-order valence-corrected chi connectivity index (χ0v) is 15.0. The van der Waals surface area contributed by atoms with Crippen LogP contribution in [0.4, 0.5) is 5.69 Å². The summed E-state index contributed by atoms with van der Waals surface area (Å²) in [7, 11) is 1.67. The van der Waals surface area contributed by atoms with Crippen molar-refractivity contribution in [1.29, 1.82) is 0 Å². The molecular formula is C20H27N3O2. The maximum atomic E-state index is 12.1. The molecule has 0 spiro atoms. The van der Waals surface area contributed by atoms with Crippen LogP contribution in [0.1, 0.15) is 42.1 Å². The van der Waals surface area contributed by atoms with Gasteiger partial charge in [0.2, 0.25) is 0 Å². The maximum Gasteiger partial charge on any atom is 0.252 e. The summed E-state index contributed by atoms with van der Waals surface area (Å²) in [6.07, 6.45) is 7.48. The van der Waals surface area contributed by atoms with Crippen LogP contribution < -0.4 is 15.4 Å². The molecular weight excluding hydrogens is 314 g/mol. The molecule has 0 atom stereocenters. The van der Waals surface area contributed by atoms with Crippen LogP contribution in [-0.2, 0) is 6.42 Å². The molecule has 1 aromatic carbocycles. The van der Waals surface area contributed by atoms with E-state index in [1.807, 2.05) is 24.3 Å². The largest absolute Gasteiger partial charge is 0.497 e. The van der Waals surface area contributed by atoms with Crippen molar-refractivity contribution in [3.8, 4) is 5.75 Å². The van der Waals surface area contributed by atoms with Gasteiger partial charge in [0.15, 0.2) is 0 Å². The Bertz CT molecular complexity index is 673. The molecule has 25 heavy (non-hydrogen) atoms. The first kappa shape index (κ1) is 18.8. The van der Waals surface area contributed by atoms with E-state index in [0.29, 0.717) is 12.1 Å². The minimum atomic E-state index is -0.0694. The number of rotatable bonds is 10. The van der Waals surface area contributed by atoms with E-state index in [2.05, 4.69) is 28.6 Å². The molecule has 1 aromatic heterocycles. The molecule has 0 aliphatic heterocycles. The standard InChI is InChI=1S/C20H27N3O2/c1-3-4-5-10-23-20(24)17-13-18(15-21-14-17)22-11-9-16-7-6-8-19(12-16)25-2/h6-8,12-15,22H,3-5,9-11H2,1-2H3,(H,23,24). The van der Waals surface area contributed by atoms with Crippen LogP contribution in [0.25, 0.3) is 0 Å². The highest BCUT2D eigenvalue weighted by atomic mass is 16.5. The van der Waals surface area contributed by atoms with Gasteiger partial charge in [-0.2, -0.15) is 0 Å². The van der Waals surface area contributed by atoms with Gasteiger partial charge in [0.25, 0.3) is 5.91 Å². The van der Waals surface area contributed by atoms with Gasteiger partial charge in [-0.1, -0.05) is 31.9 Å². The lowest BCUT2D eigenvalue weighted by molar-refractivity contribution is 0.0952. The summed E-state index contributed by atoms with van der Waals surface area (Å²) >= 11 is 0. The predicted molar refractivity (Wildman–Crippen MR) is 101 cm³/mol. The Hall–Kier alpha value is -2.56. The van der Waals surface area contributed by atoms with Gasteiger partial charge in [0.1, 0.15) is 5.75 Å². The fraction of sp³-hybridized carbons (Fsp3) is 0.400. The van der Waals surface area contributed by atoms with Crippen LogP contribution in [-0.4, -0.2) is 31.1 Å². The lowest BCUT2D eigenvalue weighted by Gasteiger charge is -2.09. The Kier molecular flexibility index (Phi) is 7.76. The third-order valence-electron chi connectivity index (χ3n) is 3.94. The topological polar surface area (TPSA) is 63.2 Å². The number of ether oxygens (including phenoxy) is 1. The molecule has 1 amide bonds. The Balaban J connectivity index is 1.83. The van der Waals surface area contributed by atoms with Crippen LogP contribution in [0.3, 0.4) is 0 Å². The van der Waals surface area contributed by atoms with E-state index < -0.39 is 0 Å². The number of carbonyl (C=O) groups excluding carboxylic acids is 1. The number of aromatic nitrogens is 1. The Morgan fingerprint density at radius 1 is 1.16 bits per heavy atom. The molecule has 134 valence electrons. The quantitative estimate of drug-likeness (QED) is 0.647. The maximum absolute atomic E-state index is 12.1. The minimum absolute atomic E-state index is 0.0694. The third-order valence-corrected chi connectivity index (χ3v) is 3.94. The van der Waals surface area contributed by atoms with Gasteiger partial charge in [0.05, 0.1) is 18.4 Å². The van der Waals surface area contributed by atoms with E-state index >= 15 is 0 Å². The van der Waals surface area contributed by atoms with Gasteiger partial charge in [0, 0.05) is 25.5 Å². The van der Waals surface area contributed by atoms with Gasteiger partial charge >= 0.3 is 0 Å². The summed E-state index contributed by atoms with van der Waals surface area (Å²) in [6.45, 7) is 3.61. The van der Waals surface area contributed by atoms with Crippen molar-refractivity contribution < 1.29 is 9.53 Å². The molecule has 0 fully saturated rings. The summed E-state index contributed by atoms with van der Waals surface area (Å²) in [5, 5.41) is 6.25. The lowest BCUT2D eigenvalue weighted by Crippen LogP contribution is -2.24. The molecule has 1 heterocycles. The average molecular weight is 341 g/mol. The molecule has 0 aliphatic carbocycles. The highest BCUT2D eigenvalue weighted by molar-refractivity contribution is 5.94. The van der Waals surface area contributed by atoms with E-state index in [1.165, 1.54) is 5.56 Å². The summed E-state index contributed by atoms with van der Waals surface area (Å²) in [5.41, 5.74) is 2.64. The van der Waals surface area contributed by atoms with Crippen LogP contribution in [0.5, 0.6) is 5.75 Å². The number of nitrogens with zero attached hydrogens (tertiary/aromatic N) is 1. The van der Waals surface area contributed by atoms with Crippen molar-refractivity contribution in [2.24, 2.45) is 0 Å². The predicted octanol–water partition coefficient (Wildman–Crippen LogP) is 3.66. The molecule has 5 heteroatoms. The monoisotopic (exact) mass is 341 g/mol. The molecule has 0 saturated carbocycles. The zero-order chi connectivity index (χ0) is 17.9. The summed E-state index contributed by atoms with van der Waals surface area (Å²) < 4.78 is 5.23. The van der Waals surface area contributed by atoms with Crippen molar-refractivity contribution in [3.63, 3.8) is 0 Å². The fourth-order valence-electron chi connectivity index (χ4n) is 2.52. The first-order chi connectivity index (χ1) is 12.2. The Morgan fingerprint density at radius 3 is 2.84 bits per heavy atom. The van der Waals surface area contributed by atoms with Crippen molar-refractivity contribution in [3.05, 3.63) is 53.9 Å². The zero-order valence-electron chi connectivity index (χ0n) is 15.0. The number of unbranched alkanes of at least 4 members (excludes halogenated alkanes) is 2. The minimum Gasteiger partial charge on any atom is -0.497 e. The number of anilines is 1. The van der Waals surface area contributed by atoms with Crippen LogP contribution in [0.2, 0.25) is 0 Å². The summed E-state index contributed by atoms with van der Waals surface area (Å²) in [5.74, 6) is 0.793. The smallest absolute Gasteiger partial charge is 0.252 e. The second-order valence-electron chi connectivity index (χ2n) is 5.95. The van der Waals surface area contributed by atoms with Crippen molar-refractivity contribution in [2.75, 3.05) is 25.5 Å². The molecule has 0 unspecified atom stereocenters. The highest BCUT2D eigenvalue weighted by Crippen LogP contribution is 2.14. The summed E-state index contributed by atoms with van der Waals surface area (Å²) in [4.78, 5) is 16.3. The molecule has 0 aliphatic rings. The molecule has 5 nitrogen and oxygen atoms in total. The number of methoxy groups -OCH3 is 1. The van der Waals surface area contributed by atoms with Gasteiger partial charge < -0.3 is 15.4 Å². The number of nitrogens with one attached hydrogen (secondary N) is 2. The van der Waals surface area contributed by atoms with Gasteiger partial charge in [-0.15, -0.1) is 0 Å². The fourth-order valence-corrected chi connectivity index (χ4v) is 2.52. The second-order valence-corrected chi connectivity index (χ2v) is 5.95. The first-order valence-electron chi connectivity index (χ1n) is 8.83. The first-order valence-corrected chi connectivity index (χ1v) is 8.83. The van der Waals surface area contributed by atoms with Crippen molar-refractivity contribution >= 4 is 11.6 Å². The van der Waals surface area contributed by atoms with E-state index in [9.17, 15) is 4.79 Å². The number of amides is 1. The molecule has 2 rings (SSSR count). The second kappa shape index (κ2) is 10.3. The molecule has 0 saturated heterocycles. The third kappa shape index (κ3) is 6.45. The molecule has 2 aromatic rings. The van der Waals surface area contributed by atoms with E-state index in [4.69, 9.17) is 4.74 Å². The van der Waals surface area contributed by atoms with Gasteiger partial charge in [-0.3, -0.25) is 9.78 Å². The number of carbonyl (C=O) groups is 1. The van der Waals surface area contributed by atoms with Gasteiger partial charge in [-0.25, -0.2) is 0 Å². The number of hydrogen-bond acceptors (Lipinski definition) is 4. The van der Waals surface area contributed by atoms with E-state index in [0.717, 1.165) is 43.7 Å². The van der Waals surface area contributed by atoms with Crippen LogP contribution in [0, 0.1) is 0 Å². The normalized spacial score (nSPS) is 10.3. The van der Waals surface area contributed by atoms with Crippen molar-refractivity contribution in [2.45, 2.75) is 32.6 Å². The summed E-state index contributed by atoms with van der Waals surface area (Å²) in [6, 6.07) is 9.86. The van der Waals surface area contributed by atoms with E-state index in [1.54, 1.807) is 19.5 Å².